The van der Waals surface area contributed by atoms with Crippen molar-refractivity contribution < 1.29 is 4.74 Å². The SMILES string of the molecule is NC(=NCC1CCSCC1)NC1CCOc2ccccc21. The molecule has 0 saturated carbocycles. The van der Waals surface area contributed by atoms with E-state index in [0.29, 0.717) is 11.9 Å². The number of rotatable bonds is 3. The third-order valence-corrected chi connectivity index (χ3v) is 5.19. The lowest BCUT2D eigenvalue weighted by atomic mass is 10.0. The molecule has 1 unspecified atom stereocenters. The zero-order valence-electron chi connectivity index (χ0n) is 12.3. The molecule has 1 fully saturated rings. The average molecular weight is 305 g/mol. The molecule has 21 heavy (non-hydrogen) atoms. The van der Waals surface area contributed by atoms with Gasteiger partial charge in [0.2, 0.25) is 0 Å². The van der Waals surface area contributed by atoms with E-state index in [4.69, 9.17) is 10.5 Å². The lowest BCUT2D eigenvalue weighted by Crippen LogP contribution is -2.37. The van der Waals surface area contributed by atoms with E-state index in [1.807, 2.05) is 30.0 Å². The molecule has 1 saturated heterocycles. The van der Waals surface area contributed by atoms with Crippen molar-refractivity contribution in [2.45, 2.75) is 25.3 Å². The van der Waals surface area contributed by atoms with E-state index >= 15 is 0 Å². The minimum absolute atomic E-state index is 0.209. The van der Waals surface area contributed by atoms with Gasteiger partial charge < -0.3 is 15.8 Å². The van der Waals surface area contributed by atoms with Crippen molar-refractivity contribution in [2.24, 2.45) is 16.6 Å². The third kappa shape index (κ3) is 3.84. The fourth-order valence-electron chi connectivity index (χ4n) is 2.87. The number of para-hydroxylation sites is 1. The van der Waals surface area contributed by atoms with E-state index in [1.54, 1.807) is 0 Å². The molecule has 1 aromatic rings. The molecular formula is C16H23N3OS. The van der Waals surface area contributed by atoms with Gasteiger partial charge in [0.15, 0.2) is 5.96 Å². The van der Waals surface area contributed by atoms with Crippen LogP contribution in [0, 0.1) is 5.92 Å². The number of guanidine groups is 1. The predicted molar refractivity (Wildman–Crippen MR) is 89.0 cm³/mol. The second kappa shape index (κ2) is 7.07. The molecule has 0 radical (unpaired) electrons. The van der Waals surface area contributed by atoms with Gasteiger partial charge in [0.05, 0.1) is 12.6 Å². The highest BCUT2D eigenvalue weighted by Crippen LogP contribution is 2.31. The largest absolute Gasteiger partial charge is 0.493 e. The van der Waals surface area contributed by atoms with Crippen molar-refractivity contribution in [3.63, 3.8) is 0 Å². The summed E-state index contributed by atoms with van der Waals surface area (Å²) in [4.78, 5) is 4.55. The first-order valence-corrected chi connectivity index (χ1v) is 8.84. The third-order valence-electron chi connectivity index (χ3n) is 4.14. The Labute approximate surface area is 130 Å². The summed E-state index contributed by atoms with van der Waals surface area (Å²) < 4.78 is 5.67. The normalized spacial score (nSPS) is 23.2. The molecule has 1 aromatic carbocycles. The number of hydrogen-bond acceptors (Lipinski definition) is 3. The molecule has 2 heterocycles. The van der Waals surface area contributed by atoms with Gasteiger partial charge in [-0.2, -0.15) is 11.8 Å². The standard InChI is InChI=1S/C16H23N3OS/c17-16(18-11-12-6-9-21-10-7-12)19-14-5-8-20-15-4-2-1-3-13(14)15/h1-4,12,14H,5-11H2,(H3,17,18,19). The second-order valence-corrected chi connectivity index (χ2v) is 6.88. The summed E-state index contributed by atoms with van der Waals surface area (Å²) in [6.45, 7) is 1.58. The van der Waals surface area contributed by atoms with Gasteiger partial charge in [0.25, 0.3) is 0 Å². The van der Waals surface area contributed by atoms with Gasteiger partial charge in [-0.1, -0.05) is 18.2 Å². The van der Waals surface area contributed by atoms with Crippen LogP contribution in [0.1, 0.15) is 30.9 Å². The highest BCUT2D eigenvalue weighted by atomic mass is 32.2. The Morgan fingerprint density at radius 2 is 2.10 bits per heavy atom. The first kappa shape index (κ1) is 14.6. The molecular weight excluding hydrogens is 282 g/mol. The fraction of sp³-hybridized carbons (Fsp3) is 0.562. The Kier molecular flexibility index (Phi) is 4.91. The van der Waals surface area contributed by atoms with Crippen LogP contribution in [0.25, 0.3) is 0 Å². The first-order valence-electron chi connectivity index (χ1n) is 7.69. The van der Waals surface area contributed by atoms with E-state index in [1.165, 1.54) is 29.9 Å². The van der Waals surface area contributed by atoms with Crippen LogP contribution in [0.3, 0.4) is 0 Å². The maximum atomic E-state index is 6.07. The first-order chi connectivity index (χ1) is 10.3. The maximum Gasteiger partial charge on any atom is 0.189 e. The van der Waals surface area contributed by atoms with Crippen molar-refractivity contribution >= 4 is 17.7 Å². The molecule has 0 amide bonds. The molecule has 0 spiro atoms. The van der Waals surface area contributed by atoms with Crippen LogP contribution in [0.15, 0.2) is 29.3 Å². The Hall–Kier alpha value is -1.36. The molecule has 2 aliphatic rings. The molecule has 3 rings (SSSR count). The van der Waals surface area contributed by atoms with Crippen molar-refractivity contribution in [3.8, 4) is 5.75 Å². The fourth-order valence-corrected chi connectivity index (χ4v) is 4.08. The van der Waals surface area contributed by atoms with E-state index in [2.05, 4.69) is 16.4 Å². The minimum Gasteiger partial charge on any atom is -0.493 e. The highest BCUT2D eigenvalue weighted by Gasteiger charge is 2.21. The average Bonchev–Trinajstić information content (AvgIpc) is 2.54. The summed E-state index contributed by atoms with van der Waals surface area (Å²) in [5, 5.41) is 3.36. The van der Waals surface area contributed by atoms with Crippen molar-refractivity contribution in [1.29, 1.82) is 0 Å². The van der Waals surface area contributed by atoms with Gasteiger partial charge >= 0.3 is 0 Å². The maximum absolute atomic E-state index is 6.07. The Morgan fingerprint density at radius 3 is 2.95 bits per heavy atom. The second-order valence-electron chi connectivity index (χ2n) is 5.65. The number of ether oxygens (including phenoxy) is 1. The number of thioether (sulfide) groups is 1. The Bertz CT molecular complexity index is 500. The Morgan fingerprint density at radius 1 is 1.29 bits per heavy atom. The van der Waals surface area contributed by atoms with Gasteiger partial charge in [-0.05, 0) is 36.3 Å². The van der Waals surface area contributed by atoms with Crippen LogP contribution in [-0.4, -0.2) is 30.6 Å². The van der Waals surface area contributed by atoms with Gasteiger partial charge in [-0.25, -0.2) is 0 Å². The van der Waals surface area contributed by atoms with Crippen molar-refractivity contribution in [3.05, 3.63) is 29.8 Å². The smallest absolute Gasteiger partial charge is 0.189 e. The van der Waals surface area contributed by atoms with E-state index < -0.39 is 0 Å². The van der Waals surface area contributed by atoms with Gasteiger partial charge in [0.1, 0.15) is 5.75 Å². The van der Waals surface area contributed by atoms with E-state index in [9.17, 15) is 0 Å². The number of fused-ring (bicyclic) bond motifs is 1. The molecule has 0 bridgehead atoms. The highest BCUT2D eigenvalue weighted by molar-refractivity contribution is 7.99. The van der Waals surface area contributed by atoms with E-state index in [0.717, 1.165) is 25.3 Å². The molecule has 4 nitrogen and oxygen atoms in total. The number of benzene rings is 1. The van der Waals surface area contributed by atoms with Gasteiger partial charge in [-0.15, -0.1) is 0 Å². The van der Waals surface area contributed by atoms with Crippen LogP contribution in [0.2, 0.25) is 0 Å². The quantitative estimate of drug-likeness (QED) is 0.665. The van der Waals surface area contributed by atoms with Crippen LogP contribution in [0.4, 0.5) is 0 Å². The number of nitrogens with two attached hydrogens (primary N) is 1. The molecule has 0 aromatic heterocycles. The summed E-state index contributed by atoms with van der Waals surface area (Å²) in [6, 6.07) is 8.35. The lowest BCUT2D eigenvalue weighted by molar-refractivity contribution is 0.262. The molecule has 5 heteroatoms. The van der Waals surface area contributed by atoms with Crippen molar-refractivity contribution in [1.82, 2.24) is 5.32 Å². The summed E-state index contributed by atoms with van der Waals surface area (Å²) in [7, 11) is 0. The van der Waals surface area contributed by atoms with Gasteiger partial charge in [-0.3, -0.25) is 4.99 Å². The zero-order chi connectivity index (χ0) is 14.5. The summed E-state index contributed by atoms with van der Waals surface area (Å²) in [5.74, 6) is 4.75. The number of nitrogens with one attached hydrogen (secondary N) is 1. The number of hydrogen-bond donors (Lipinski definition) is 2. The lowest BCUT2D eigenvalue weighted by Gasteiger charge is -2.27. The monoisotopic (exact) mass is 305 g/mol. The molecule has 1 atom stereocenters. The Balaban J connectivity index is 1.58. The van der Waals surface area contributed by atoms with Crippen LogP contribution in [0.5, 0.6) is 5.75 Å². The summed E-state index contributed by atoms with van der Waals surface area (Å²) in [6.07, 6.45) is 3.45. The van der Waals surface area contributed by atoms with Crippen LogP contribution >= 0.6 is 11.8 Å². The summed E-state index contributed by atoms with van der Waals surface area (Å²) in [5.41, 5.74) is 7.25. The topological polar surface area (TPSA) is 59.6 Å². The summed E-state index contributed by atoms with van der Waals surface area (Å²) >= 11 is 2.04. The van der Waals surface area contributed by atoms with Crippen LogP contribution < -0.4 is 15.8 Å². The van der Waals surface area contributed by atoms with Crippen molar-refractivity contribution in [2.75, 3.05) is 24.7 Å². The van der Waals surface area contributed by atoms with Crippen LogP contribution in [-0.2, 0) is 0 Å². The zero-order valence-corrected chi connectivity index (χ0v) is 13.1. The predicted octanol–water partition coefficient (Wildman–Crippen LogP) is 2.56. The van der Waals surface area contributed by atoms with Gasteiger partial charge in [0, 0.05) is 18.5 Å². The number of nitrogens with zero attached hydrogens (tertiary/aromatic N) is 1. The minimum atomic E-state index is 0.209. The number of aliphatic imine (C=N–C) groups is 1. The molecule has 2 aliphatic heterocycles. The van der Waals surface area contributed by atoms with E-state index in [-0.39, 0.29) is 6.04 Å². The molecule has 3 N–H and O–H groups in total. The molecule has 114 valence electrons. The molecule has 0 aliphatic carbocycles.